The fraction of sp³-hybridized carbons (Fsp3) is 0.952. The number of rotatable bonds is 81. The second-order valence-corrected chi connectivity index (χ2v) is 34.6. The van der Waals surface area contributed by atoms with Gasteiger partial charge in [0, 0.05) is 25.7 Å². The molecule has 19 heteroatoms. The van der Waals surface area contributed by atoms with Crippen LogP contribution in [0.1, 0.15) is 434 Å². The Labute approximate surface area is 632 Å². The summed E-state index contributed by atoms with van der Waals surface area (Å²) in [5, 5.41) is 10.7. The maximum Gasteiger partial charge on any atom is 0.472 e. The number of aliphatic hydroxyl groups is 1. The number of phosphoric ester groups is 2. The number of phosphoric acid groups is 2. The van der Waals surface area contributed by atoms with Crippen LogP contribution in [0.4, 0.5) is 0 Å². The van der Waals surface area contributed by atoms with Crippen LogP contribution in [0.5, 0.6) is 0 Å². The maximum absolute atomic E-state index is 13.1. The van der Waals surface area contributed by atoms with Gasteiger partial charge in [-0.25, -0.2) is 9.13 Å². The van der Waals surface area contributed by atoms with E-state index in [-0.39, 0.29) is 25.7 Å². The Morgan fingerprint density at radius 3 is 0.689 bits per heavy atom. The molecule has 612 valence electrons. The molecule has 0 aromatic heterocycles. The largest absolute Gasteiger partial charge is 0.472 e. The lowest BCUT2D eigenvalue weighted by atomic mass is 9.99. The number of hydrogen-bond donors (Lipinski definition) is 3. The standard InChI is InChI=1S/C84H164O17P2/c1-9-76(7)62-54-46-38-30-26-22-18-13-11-12-14-20-24-28-32-41-50-58-66-83(88)100-80(71-95-82(87)65-57-49-43-35-37-45-53-61-75(5)6)73-99-103(92,93)97-69-78(85)68-96-102(90,91)98-72-79(101-84(89)67-59-51-42-34-33-39-47-55-63-77(8)10-2)70-94-81(86)64-56-48-40-31-27-23-19-16-15-17-21-25-29-36-44-52-60-74(3)4/h74-80,85H,9-73H2,1-8H3,(H,90,91)(H,92,93)/t76?,77?,78?,79-,80-/m1/s1. The fourth-order valence-electron chi connectivity index (χ4n) is 12.9. The lowest BCUT2D eigenvalue weighted by Crippen LogP contribution is -2.30. The van der Waals surface area contributed by atoms with Crippen LogP contribution < -0.4 is 0 Å². The molecule has 0 aliphatic rings. The Kier molecular flexibility index (Phi) is 71.5. The molecule has 0 aromatic rings. The van der Waals surface area contributed by atoms with Crippen LogP contribution in [0.15, 0.2) is 0 Å². The highest BCUT2D eigenvalue weighted by atomic mass is 31.2. The Morgan fingerprint density at radius 2 is 0.466 bits per heavy atom. The van der Waals surface area contributed by atoms with Crippen molar-refractivity contribution in [1.29, 1.82) is 0 Å². The molecule has 0 saturated heterocycles. The average molecular weight is 1510 g/mol. The zero-order valence-corrected chi connectivity index (χ0v) is 69.7. The van der Waals surface area contributed by atoms with Gasteiger partial charge in [-0.1, -0.05) is 383 Å². The van der Waals surface area contributed by atoms with Gasteiger partial charge in [-0.15, -0.1) is 0 Å². The molecule has 0 bridgehead atoms. The van der Waals surface area contributed by atoms with E-state index in [2.05, 4.69) is 55.4 Å². The van der Waals surface area contributed by atoms with Crippen LogP contribution in [0, 0.1) is 23.7 Å². The smallest absolute Gasteiger partial charge is 0.462 e. The molecule has 103 heavy (non-hydrogen) atoms. The van der Waals surface area contributed by atoms with Gasteiger partial charge in [0.1, 0.15) is 19.3 Å². The van der Waals surface area contributed by atoms with E-state index < -0.39 is 97.5 Å². The highest BCUT2D eigenvalue weighted by Crippen LogP contribution is 2.45. The molecule has 0 heterocycles. The van der Waals surface area contributed by atoms with E-state index >= 15 is 0 Å². The molecule has 0 amide bonds. The van der Waals surface area contributed by atoms with Crippen molar-refractivity contribution in [1.82, 2.24) is 0 Å². The van der Waals surface area contributed by atoms with Gasteiger partial charge in [0.05, 0.1) is 26.4 Å². The van der Waals surface area contributed by atoms with Crippen LogP contribution in [-0.2, 0) is 65.4 Å². The summed E-state index contributed by atoms with van der Waals surface area (Å²) in [4.78, 5) is 73.1. The molecular weight excluding hydrogens is 1340 g/mol. The summed E-state index contributed by atoms with van der Waals surface area (Å²) < 4.78 is 68.8. The molecule has 0 saturated carbocycles. The van der Waals surface area contributed by atoms with Crippen molar-refractivity contribution in [2.45, 2.75) is 453 Å². The van der Waals surface area contributed by atoms with Crippen LogP contribution >= 0.6 is 15.6 Å². The number of hydrogen-bond acceptors (Lipinski definition) is 15. The van der Waals surface area contributed by atoms with E-state index in [4.69, 9.17) is 37.0 Å². The predicted octanol–water partition coefficient (Wildman–Crippen LogP) is 25.2. The van der Waals surface area contributed by atoms with Crippen molar-refractivity contribution in [3.63, 3.8) is 0 Å². The van der Waals surface area contributed by atoms with Crippen LogP contribution in [-0.4, -0.2) is 96.7 Å². The third-order valence-corrected chi connectivity index (χ3v) is 22.2. The van der Waals surface area contributed by atoms with Gasteiger partial charge in [-0.2, -0.15) is 0 Å². The van der Waals surface area contributed by atoms with E-state index in [1.165, 1.54) is 231 Å². The van der Waals surface area contributed by atoms with Crippen LogP contribution in [0.3, 0.4) is 0 Å². The molecule has 0 aliphatic heterocycles. The minimum atomic E-state index is -4.96. The quantitative estimate of drug-likeness (QED) is 0.0222. The zero-order chi connectivity index (χ0) is 76.0. The maximum atomic E-state index is 13.1. The molecule has 0 aromatic carbocycles. The monoisotopic (exact) mass is 1510 g/mol. The Hall–Kier alpha value is -1.94. The molecule has 0 aliphatic carbocycles. The van der Waals surface area contributed by atoms with Gasteiger partial charge in [0.15, 0.2) is 12.2 Å². The number of esters is 4. The van der Waals surface area contributed by atoms with Crippen molar-refractivity contribution in [3.8, 4) is 0 Å². The topological polar surface area (TPSA) is 237 Å². The number of ether oxygens (including phenoxy) is 4. The van der Waals surface area contributed by atoms with Crippen molar-refractivity contribution >= 4 is 39.5 Å². The molecule has 0 fully saturated rings. The Balaban J connectivity index is 5.16. The highest BCUT2D eigenvalue weighted by molar-refractivity contribution is 7.47. The summed E-state index contributed by atoms with van der Waals surface area (Å²) in [5.74, 6) is 1.04. The van der Waals surface area contributed by atoms with Gasteiger partial charge in [0.25, 0.3) is 0 Å². The molecule has 0 radical (unpaired) electrons. The van der Waals surface area contributed by atoms with E-state index in [9.17, 15) is 43.2 Å². The Morgan fingerprint density at radius 1 is 0.272 bits per heavy atom. The minimum Gasteiger partial charge on any atom is -0.462 e. The third kappa shape index (κ3) is 75.3. The van der Waals surface area contributed by atoms with E-state index in [0.29, 0.717) is 31.6 Å². The highest BCUT2D eigenvalue weighted by Gasteiger charge is 2.30. The second-order valence-electron chi connectivity index (χ2n) is 31.7. The SMILES string of the molecule is CCC(C)CCCCCCCCCCCCCCCCCCCCC(=O)O[C@H](COC(=O)CCCCCCCCCC(C)C)COP(=O)(O)OCC(O)COP(=O)(O)OC[C@@H](COC(=O)CCCCCCCCCCCCCCCCCCC(C)C)OC(=O)CCCCCCCCCCC(C)CC. The van der Waals surface area contributed by atoms with E-state index in [0.717, 1.165) is 114 Å². The van der Waals surface area contributed by atoms with Gasteiger partial charge in [-0.3, -0.25) is 37.3 Å². The predicted molar refractivity (Wildman–Crippen MR) is 423 cm³/mol. The third-order valence-electron chi connectivity index (χ3n) is 20.3. The summed E-state index contributed by atoms with van der Waals surface area (Å²) in [5.41, 5.74) is 0. The minimum absolute atomic E-state index is 0.105. The van der Waals surface area contributed by atoms with Gasteiger partial charge in [-0.05, 0) is 49.4 Å². The van der Waals surface area contributed by atoms with Gasteiger partial charge < -0.3 is 33.8 Å². The molecular formula is C84H164O17P2. The molecule has 3 N–H and O–H groups in total. The number of unbranched alkanes of at least 4 members (excludes halogenated alkanes) is 45. The summed E-state index contributed by atoms with van der Waals surface area (Å²) >= 11 is 0. The summed E-state index contributed by atoms with van der Waals surface area (Å²) in [6.07, 6.45) is 61.2. The van der Waals surface area contributed by atoms with Crippen LogP contribution in [0.2, 0.25) is 0 Å². The molecule has 0 spiro atoms. The van der Waals surface area contributed by atoms with E-state index in [1.54, 1.807) is 0 Å². The molecule has 5 unspecified atom stereocenters. The molecule has 0 rings (SSSR count). The number of carbonyl (C=O) groups excluding carboxylic acids is 4. The van der Waals surface area contributed by atoms with Gasteiger partial charge >= 0.3 is 39.5 Å². The summed E-state index contributed by atoms with van der Waals surface area (Å²) in [7, 11) is -9.92. The van der Waals surface area contributed by atoms with E-state index in [1.807, 2.05) is 0 Å². The first-order valence-electron chi connectivity index (χ1n) is 43.3. The lowest BCUT2D eigenvalue weighted by Gasteiger charge is -2.21. The first-order valence-corrected chi connectivity index (χ1v) is 46.3. The van der Waals surface area contributed by atoms with Gasteiger partial charge in [0.2, 0.25) is 0 Å². The summed E-state index contributed by atoms with van der Waals surface area (Å²) in [6, 6.07) is 0. The first kappa shape index (κ1) is 101. The number of carbonyl (C=O) groups is 4. The summed E-state index contributed by atoms with van der Waals surface area (Å²) in [6.45, 7) is 14.3. The van der Waals surface area contributed by atoms with Crippen LogP contribution in [0.25, 0.3) is 0 Å². The van der Waals surface area contributed by atoms with Crippen molar-refractivity contribution in [2.24, 2.45) is 23.7 Å². The van der Waals surface area contributed by atoms with Crippen molar-refractivity contribution in [3.05, 3.63) is 0 Å². The lowest BCUT2D eigenvalue weighted by molar-refractivity contribution is -0.161. The van der Waals surface area contributed by atoms with Crippen molar-refractivity contribution in [2.75, 3.05) is 39.6 Å². The van der Waals surface area contributed by atoms with Crippen molar-refractivity contribution < 1.29 is 80.2 Å². The first-order chi connectivity index (χ1) is 49.7. The Bertz CT molecular complexity index is 2010. The fourth-order valence-corrected chi connectivity index (χ4v) is 14.5. The number of aliphatic hydroxyl groups excluding tert-OH is 1. The second kappa shape index (κ2) is 72.9. The zero-order valence-electron chi connectivity index (χ0n) is 68.0. The average Bonchev–Trinajstić information content (AvgIpc) is 0.918. The molecule has 7 atom stereocenters. The normalized spacial score (nSPS) is 14.5. The molecule has 17 nitrogen and oxygen atoms in total.